The highest BCUT2D eigenvalue weighted by atomic mass is 32.2. The molecule has 0 spiro atoms. The van der Waals surface area contributed by atoms with Gasteiger partial charge in [0.1, 0.15) is 6.10 Å². The van der Waals surface area contributed by atoms with Gasteiger partial charge in [0.05, 0.1) is 4.90 Å². The Kier molecular flexibility index (Phi) is 3.97. The van der Waals surface area contributed by atoms with Gasteiger partial charge < -0.3 is 5.11 Å². The van der Waals surface area contributed by atoms with Crippen molar-refractivity contribution >= 4 is 9.84 Å². The van der Waals surface area contributed by atoms with Gasteiger partial charge in [-0.25, -0.2) is 8.42 Å². The molecule has 2 aromatic rings. The summed E-state index contributed by atoms with van der Waals surface area (Å²) in [6, 6.07) is 12.2. The third-order valence-corrected chi connectivity index (χ3v) is 4.56. The van der Waals surface area contributed by atoms with Crippen LogP contribution in [0, 0.1) is 13.8 Å². The Hall–Kier alpha value is -1.65. The van der Waals surface area contributed by atoms with Crippen LogP contribution < -0.4 is 0 Å². The van der Waals surface area contributed by atoms with Gasteiger partial charge in [-0.05, 0) is 48.2 Å². The van der Waals surface area contributed by atoms with Crippen molar-refractivity contribution in [2.75, 3.05) is 6.26 Å². The van der Waals surface area contributed by atoms with Gasteiger partial charge in [0.2, 0.25) is 0 Å². The van der Waals surface area contributed by atoms with Crippen molar-refractivity contribution < 1.29 is 13.5 Å². The predicted molar refractivity (Wildman–Crippen MR) is 79.5 cm³/mol. The van der Waals surface area contributed by atoms with Crippen LogP contribution in [0.1, 0.15) is 28.4 Å². The third kappa shape index (κ3) is 3.08. The van der Waals surface area contributed by atoms with Gasteiger partial charge in [-0.1, -0.05) is 30.3 Å². The molecule has 0 saturated carbocycles. The second-order valence-electron chi connectivity index (χ2n) is 5.09. The molecule has 1 N–H and O–H groups in total. The van der Waals surface area contributed by atoms with Gasteiger partial charge in [0.25, 0.3) is 0 Å². The fourth-order valence-corrected chi connectivity index (χ4v) is 2.72. The Morgan fingerprint density at radius 2 is 1.60 bits per heavy atom. The average molecular weight is 290 g/mol. The van der Waals surface area contributed by atoms with Crippen LogP contribution in [0.25, 0.3) is 0 Å². The van der Waals surface area contributed by atoms with Crippen molar-refractivity contribution in [1.82, 2.24) is 0 Å². The quantitative estimate of drug-likeness (QED) is 0.945. The van der Waals surface area contributed by atoms with Crippen molar-refractivity contribution in [3.05, 3.63) is 64.7 Å². The molecule has 0 heterocycles. The summed E-state index contributed by atoms with van der Waals surface area (Å²) >= 11 is 0. The average Bonchev–Trinajstić information content (AvgIpc) is 2.40. The molecule has 106 valence electrons. The van der Waals surface area contributed by atoms with E-state index in [9.17, 15) is 13.5 Å². The largest absolute Gasteiger partial charge is 0.384 e. The minimum atomic E-state index is -3.27. The summed E-state index contributed by atoms with van der Waals surface area (Å²) in [6.07, 6.45) is 0.338. The van der Waals surface area contributed by atoms with Crippen LogP contribution in [0.2, 0.25) is 0 Å². The van der Waals surface area contributed by atoms with E-state index in [4.69, 9.17) is 0 Å². The van der Waals surface area contributed by atoms with Gasteiger partial charge >= 0.3 is 0 Å². The lowest BCUT2D eigenvalue weighted by molar-refractivity contribution is 0.220. The van der Waals surface area contributed by atoms with Crippen molar-refractivity contribution in [1.29, 1.82) is 0 Å². The number of benzene rings is 2. The molecule has 0 amide bonds. The summed E-state index contributed by atoms with van der Waals surface area (Å²) in [6.45, 7) is 3.99. The van der Waals surface area contributed by atoms with E-state index in [-0.39, 0.29) is 4.90 Å². The fourth-order valence-electron chi connectivity index (χ4n) is 2.04. The summed E-state index contributed by atoms with van der Waals surface area (Å²) in [5.41, 5.74) is 3.60. The van der Waals surface area contributed by atoms with Crippen molar-refractivity contribution in [3.8, 4) is 0 Å². The van der Waals surface area contributed by atoms with Crippen molar-refractivity contribution in [3.63, 3.8) is 0 Å². The van der Waals surface area contributed by atoms with Crippen molar-refractivity contribution in [2.45, 2.75) is 24.8 Å². The summed E-state index contributed by atoms with van der Waals surface area (Å²) in [7, 11) is -3.27. The SMILES string of the molecule is Cc1ccc(C(O)c2cccc(S(C)(=O)=O)c2)cc1C. The molecular formula is C16H18O3S. The maximum absolute atomic E-state index is 11.6. The molecule has 0 aliphatic rings. The zero-order valence-electron chi connectivity index (χ0n) is 11.8. The summed E-state index contributed by atoms with van der Waals surface area (Å²) < 4.78 is 23.1. The smallest absolute Gasteiger partial charge is 0.175 e. The van der Waals surface area contributed by atoms with Crippen LogP contribution in [0.15, 0.2) is 47.4 Å². The number of aryl methyl sites for hydroxylation is 2. The molecule has 0 fully saturated rings. The van der Waals surface area contributed by atoms with E-state index in [1.54, 1.807) is 12.1 Å². The van der Waals surface area contributed by atoms with E-state index in [2.05, 4.69) is 0 Å². The van der Waals surface area contributed by atoms with Gasteiger partial charge in [-0.15, -0.1) is 0 Å². The van der Waals surface area contributed by atoms with Crippen LogP contribution in [0.5, 0.6) is 0 Å². The molecule has 0 aliphatic heterocycles. The highest BCUT2D eigenvalue weighted by Crippen LogP contribution is 2.25. The number of hydrogen-bond donors (Lipinski definition) is 1. The lowest BCUT2D eigenvalue weighted by Crippen LogP contribution is -2.03. The Morgan fingerprint density at radius 1 is 0.950 bits per heavy atom. The molecule has 2 aromatic carbocycles. The maximum Gasteiger partial charge on any atom is 0.175 e. The number of aliphatic hydroxyl groups is 1. The van der Waals surface area contributed by atoms with Crippen LogP contribution in [-0.4, -0.2) is 19.8 Å². The van der Waals surface area contributed by atoms with Crippen LogP contribution in [0.4, 0.5) is 0 Å². The first-order chi connectivity index (χ1) is 9.29. The number of sulfone groups is 1. The molecular weight excluding hydrogens is 272 g/mol. The summed E-state index contributed by atoms with van der Waals surface area (Å²) in [5.74, 6) is 0. The lowest BCUT2D eigenvalue weighted by atomic mass is 9.98. The number of aliphatic hydroxyl groups excluding tert-OH is 1. The monoisotopic (exact) mass is 290 g/mol. The van der Waals surface area contributed by atoms with E-state index in [0.29, 0.717) is 5.56 Å². The molecule has 20 heavy (non-hydrogen) atoms. The van der Waals surface area contributed by atoms with Gasteiger partial charge in [-0.3, -0.25) is 0 Å². The second-order valence-corrected chi connectivity index (χ2v) is 7.11. The van der Waals surface area contributed by atoms with Gasteiger partial charge in [-0.2, -0.15) is 0 Å². The van der Waals surface area contributed by atoms with E-state index < -0.39 is 15.9 Å². The molecule has 0 bridgehead atoms. The summed E-state index contributed by atoms with van der Waals surface area (Å²) in [4.78, 5) is 0.220. The van der Waals surface area contributed by atoms with E-state index in [0.717, 1.165) is 22.9 Å². The molecule has 4 heteroatoms. The first-order valence-electron chi connectivity index (χ1n) is 6.34. The molecule has 3 nitrogen and oxygen atoms in total. The molecule has 0 radical (unpaired) electrons. The second kappa shape index (κ2) is 5.38. The minimum Gasteiger partial charge on any atom is -0.384 e. The highest BCUT2D eigenvalue weighted by Gasteiger charge is 2.14. The van der Waals surface area contributed by atoms with Crippen LogP contribution >= 0.6 is 0 Å². The first kappa shape index (κ1) is 14.8. The Morgan fingerprint density at radius 3 is 2.20 bits per heavy atom. The Balaban J connectivity index is 2.43. The minimum absolute atomic E-state index is 0.220. The zero-order chi connectivity index (χ0) is 14.9. The van der Waals surface area contributed by atoms with Crippen LogP contribution in [-0.2, 0) is 9.84 Å². The Labute approximate surface area is 119 Å². The van der Waals surface area contributed by atoms with Gasteiger partial charge in [0.15, 0.2) is 9.84 Å². The topological polar surface area (TPSA) is 54.4 Å². The molecule has 1 atom stereocenters. The number of rotatable bonds is 3. The predicted octanol–water partition coefficient (Wildman–Crippen LogP) is 2.79. The van der Waals surface area contributed by atoms with Crippen molar-refractivity contribution in [2.24, 2.45) is 0 Å². The fraction of sp³-hybridized carbons (Fsp3) is 0.250. The third-order valence-electron chi connectivity index (χ3n) is 3.45. The molecule has 2 rings (SSSR count). The standard InChI is InChI=1S/C16H18O3S/c1-11-7-8-14(9-12(11)2)16(17)13-5-4-6-15(10-13)20(3,18)19/h4-10,16-17H,1-3H3. The number of hydrogen-bond acceptors (Lipinski definition) is 3. The van der Waals surface area contributed by atoms with Gasteiger partial charge in [0, 0.05) is 6.26 Å². The maximum atomic E-state index is 11.6. The molecule has 1 unspecified atom stereocenters. The molecule has 0 aliphatic carbocycles. The van der Waals surface area contributed by atoms with Crippen LogP contribution in [0.3, 0.4) is 0 Å². The Bertz CT molecular complexity index is 733. The lowest BCUT2D eigenvalue weighted by Gasteiger charge is -2.14. The van der Waals surface area contributed by atoms with E-state index in [1.165, 1.54) is 12.1 Å². The zero-order valence-corrected chi connectivity index (χ0v) is 12.6. The molecule has 0 aromatic heterocycles. The highest BCUT2D eigenvalue weighted by molar-refractivity contribution is 7.90. The summed E-state index contributed by atoms with van der Waals surface area (Å²) in [5, 5.41) is 10.4. The first-order valence-corrected chi connectivity index (χ1v) is 8.23. The van der Waals surface area contributed by atoms with E-state index >= 15 is 0 Å². The normalized spacial score (nSPS) is 13.2. The molecule has 0 saturated heterocycles. The van der Waals surface area contributed by atoms with E-state index in [1.807, 2.05) is 32.0 Å².